The standard InChI is InChI=1S/C18H19ClN2O2/c1-18(2,3)17(23)21-15-9-7-14(8-10-15)20-16(22)12-5-4-6-13(19)11-12/h4-11H,1-3H3,(H,20,22)(H,21,23). The van der Waals surface area contributed by atoms with Crippen LogP contribution in [0.4, 0.5) is 11.4 Å². The first kappa shape index (κ1) is 17.0. The fourth-order valence-corrected chi connectivity index (χ4v) is 1.98. The molecule has 0 fully saturated rings. The number of carbonyl (C=O) groups is 2. The van der Waals surface area contributed by atoms with Gasteiger partial charge >= 0.3 is 0 Å². The highest BCUT2D eigenvalue weighted by Gasteiger charge is 2.21. The summed E-state index contributed by atoms with van der Waals surface area (Å²) >= 11 is 5.88. The van der Waals surface area contributed by atoms with E-state index in [0.717, 1.165) is 0 Å². The van der Waals surface area contributed by atoms with Crippen LogP contribution in [0.3, 0.4) is 0 Å². The summed E-state index contributed by atoms with van der Waals surface area (Å²) in [5, 5.41) is 6.13. The third-order valence-corrected chi connectivity index (χ3v) is 3.40. The molecule has 0 spiro atoms. The first-order valence-electron chi connectivity index (χ1n) is 7.24. The van der Waals surface area contributed by atoms with Gasteiger partial charge in [-0.2, -0.15) is 0 Å². The zero-order valence-corrected chi connectivity index (χ0v) is 14.1. The lowest BCUT2D eigenvalue weighted by Crippen LogP contribution is -2.27. The Hall–Kier alpha value is -2.33. The Morgan fingerprint density at radius 1 is 0.913 bits per heavy atom. The van der Waals surface area contributed by atoms with Crippen molar-refractivity contribution in [3.63, 3.8) is 0 Å². The fraction of sp³-hybridized carbons (Fsp3) is 0.222. The molecule has 0 atom stereocenters. The van der Waals surface area contributed by atoms with Crippen molar-refractivity contribution in [1.82, 2.24) is 0 Å². The van der Waals surface area contributed by atoms with Crippen LogP contribution in [0.25, 0.3) is 0 Å². The van der Waals surface area contributed by atoms with E-state index in [-0.39, 0.29) is 11.8 Å². The molecular formula is C18H19ClN2O2. The zero-order valence-electron chi connectivity index (χ0n) is 13.3. The molecule has 0 saturated heterocycles. The average Bonchev–Trinajstić information content (AvgIpc) is 2.48. The Bertz CT molecular complexity index is 719. The monoisotopic (exact) mass is 330 g/mol. The second kappa shape index (κ2) is 6.84. The number of hydrogen-bond donors (Lipinski definition) is 2. The molecule has 5 heteroatoms. The summed E-state index contributed by atoms with van der Waals surface area (Å²) in [4.78, 5) is 24.0. The van der Waals surface area contributed by atoms with Gasteiger partial charge in [-0.3, -0.25) is 9.59 Å². The summed E-state index contributed by atoms with van der Waals surface area (Å²) in [7, 11) is 0. The van der Waals surface area contributed by atoms with Crippen LogP contribution in [0.5, 0.6) is 0 Å². The smallest absolute Gasteiger partial charge is 0.255 e. The van der Waals surface area contributed by atoms with Crippen molar-refractivity contribution in [3.8, 4) is 0 Å². The molecule has 0 aliphatic heterocycles. The first-order chi connectivity index (χ1) is 10.8. The molecule has 0 aromatic heterocycles. The number of halogens is 1. The molecule has 0 radical (unpaired) electrons. The molecule has 0 aliphatic rings. The molecule has 0 bridgehead atoms. The largest absolute Gasteiger partial charge is 0.326 e. The molecule has 2 amide bonds. The maximum atomic E-state index is 12.1. The maximum Gasteiger partial charge on any atom is 0.255 e. The number of hydrogen-bond acceptors (Lipinski definition) is 2. The Balaban J connectivity index is 2.03. The minimum atomic E-state index is -0.459. The normalized spacial score (nSPS) is 11.0. The third kappa shape index (κ3) is 4.83. The lowest BCUT2D eigenvalue weighted by molar-refractivity contribution is -0.123. The van der Waals surface area contributed by atoms with Crippen molar-refractivity contribution in [2.75, 3.05) is 10.6 Å². The third-order valence-electron chi connectivity index (χ3n) is 3.17. The van der Waals surface area contributed by atoms with Crippen LogP contribution in [-0.4, -0.2) is 11.8 Å². The number of nitrogens with one attached hydrogen (secondary N) is 2. The summed E-state index contributed by atoms with van der Waals surface area (Å²) in [6, 6.07) is 13.7. The van der Waals surface area contributed by atoms with Crippen molar-refractivity contribution in [3.05, 3.63) is 59.1 Å². The molecule has 0 unspecified atom stereocenters. The fourth-order valence-electron chi connectivity index (χ4n) is 1.79. The molecule has 0 heterocycles. The van der Waals surface area contributed by atoms with E-state index in [0.29, 0.717) is 22.0 Å². The van der Waals surface area contributed by atoms with Gasteiger partial charge in [-0.1, -0.05) is 38.4 Å². The van der Waals surface area contributed by atoms with Crippen LogP contribution in [0.1, 0.15) is 31.1 Å². The highest BCUT2D eigenvalue weighted by molar-refractivity contribution is 6.31. The predicted molar refractivity (Wildman–Crippen MR) is 93.9 cm³/mol. The van der Waals surface area contributed by atoms with E-state index in [1.165, 1.54) is 0 Å². The number of anilines is 2. The second-order valence-electron chi connectivity index (χ2n) is 6.25. The molecule has 2 N–H and O–H groups in total. The van der Waals surface area contributed by atoms with Gasteiger partial charge in [-0.05, 0) is 42.5 Å². The van der Waals surface area contributed by atoms with E-state index in [1.54, 1.807) is 48.5 Å². The van der Waals surface area contributed by atoms with Gasteiger partial charge in [-0.25, -0.2) is 0 Å². The lowest BCUT2D eigenvalue weighted by Gasteiger charge is -2.17. The summed E-state index contributed by atoms with van der Waals surface area (Å²) in [6.45, 7) is 5.55. The van der Waals surface area contributed by atoms with Gasteiger partial charge in [0.25, 0.3) is 5.91 Å². The van der Waals surface area contributed by atoms with Gasteiger partial charge in [0.05, 0.1) is 0 Å². The van der Waals surface area contributed by atoms with E-state index in [9.17, 15) is 9.59 Å². The van der Waals surface area contributed by atoms with Crippen molar-refractivity contribution in [2.24, 2.45) is 5.41 Å². The Kier molecular flexibility index (Phi) is 5.06. The average molecular weight is 331 g/mol. The van der Waals surface area contributed by atoms with Crippen LogP contribution >= 0.6 is 11.6 Å². The topological polar surface area (TPSA) is 58.2 Å². The summed E-state index contributed by atoms with van der Waals surface area (Å²) < 4.78 is 0. The van der Waals surface area contributed by atoms with Crippen LogP contribution in [-0.2, 0) is 4.79 Å². The molecule has 120 valence electrons. The number of amides is 2. The van der Waals surface area contributed by atoms with Gasteiger partial charge in [0.1, 0.15) is 0 Å². The van der Waals surface area contributed by atoms with Crippen molar-refractivity contribution in [1.29, 1.82) is 0 Å². The summed E-state index contributed by atoms with van der Waals surface area (Å²) in [5.74, 6) is -0.299. The highest BCUT2D eigenvalue weighted by Crippen LogP contribution is 2.19. The molecule has 4 nitrogen and oxygen atoms in total. The minimum Gasteiger partial charge on any atom is -0.326 e. The SMILES string of the molecule is CC(C)(C)C(=O)Nc1ccc(NC(=O)c2cccc(Cl)c2)cc1. The maximum absolute atomic E-state index is 12.1. The van der Waals surface area contributed by atoms with Gasteiger partial charge in [0, 0.05) is 27.4 Å². The Morgan fingerprint density at radius 3 is 2.00 bits per heavy atom. The van der Waals surface area contributed by atoms with E-state index < -0.39 is 5.41 Å². The predicted octanol–water partition coefficient (Wildman–Crippen LogP) is 4.58. The zero-order chi connectivity index (χ0) is 17.0. The van der Waals surface area contributed by atoms with Crippen LogP contribution in [0.2, 0.25) is 5.02 Å². The van der Waals surface area contributed by atoms with Crippen molar-refractivity contribution < 1.29 is 9.59 Å². The Labute approximate surface area is 140 Å². The molecule has 2 rings (SSSR count). The lowest BCUT2D eigenvalue weighted by atomic mass is 9.95. The van der Waals surface area contributed by atoms with Crippen molar-refractivity contribution >= 4 is 34.8 Å². The molecular weight excluding hydrogens is 312 g/mol. The van der Waals surface area contributed by atoms with Gasteiger partial charge < -0.3 is 10.6 Å². The van der Waals surface area contributed by atoms with Gasteiger partial charge in [-0.15, -0.1) is 0 Å². The van der Waals surface area contributed by atoms with Crippen LogP contribution < -0.4 is 10.6 Å². The molecule has 2 aromatic rings. The number of rotatable bonds is 3. The molecule has 2 aromatic carbocycles. The molecule has 23 heavy (non-hydrogen) atoms. The number of benzene rings is 2. The van der Waals surface area contributed by atoms with Crippen LogP contribution in [0.15, 0.2) is 48.5 Å². The van der Waals surface area contributed by atoms with Gasteiger partial charge in [0.2, 0.25) is 5.91 Å². The quantitative estimate of drug-likeness (QED) is 0.865. The second-order valence-corrected chi connectivity index (χ2v) is 6.68. The minimum absolute atomic E-state index is 0.0618. The number of carbonyl (C=O) groups excluding carboxylic acids is 2. The highest BCUT2D eigenvalue weighted by atomic mass is 35.5. The summed E-state index contributed by atoms with van der Waals surface area (Å²) in [5.41, 5.74) is 1.36. The van der Waals surface area contributed by atoms with Crippen molar-refractivity contribution in [2.45, 2.75) is 20.8 Å². The van der Waals surface area contributed by atoms with E-state index in [2.05, 4.69) is 10.6 Å². The van der Waals surface area contributed by atoms with Crippen LogP contribution in [0, 0.1) is 5.41 Å². The van der Waals surface area contributed by atoms with Gasteiger partial charge in [0.15, 0.2) is 0 Å². The molecule has 0 aliphatic carbocycles. The van der Waals surface area contributed by atoms with E-state index in [1.807, 2.05) is 20.8 Å². The Morgan fingerprint density at radius 2 is 1.48 bits per heavy atom. The van der Waals surface area contributed by atoms with E-state index in [4.69, 9.17) is 11.6 Å². The first-order valence-corrected chi connectivity index (χ1v) is 7.62. The molecule has 0 saturated carbocycles. The summed E-state index contributed by atoms with van der Waals surface area (Å²) in [6.07, 6.45) is 0. The van der Waals surface area contributed by atoms with E-state index >= 15 is 0 Å².